The molecule has 258 valence electrons. The highest BCUT2D eigenvalue weighted by Gasteiger charge is 2.41. The second kappa shape index (κ2) is 15.8. The van der Waals surface area contributed by atoms with Gasteiger partial charge in [0.2, 0.25) is 0 Å². The molecule has 0 bridgehead atoms. The molecule has 0 amide bonds. The van der Waals surface area contributed by atoms with E-state index in [1.54, 1.807) is 6.08 Å². The molecule has 0 spiro atoms. The molecule has 0 aliphatic heterocycles. The first-order valence-corrected chi connectivity index (χ1v) is 17.2. The van der Waals surface area contributed by atoms with Crippen molar-refractivity contribution in [2.45, 2.75) is 36.9 Å². The van der Waals surface area contributed by atoms with Gasteiger partial charge in [-0.1, -0.05) is 132 Å². The first-order chi connectivity index (χ1) is 25.1. The fourth-order valence-corrected chi connectivity index (χ4v) is 6.62. The van der Waals surface area contributed by atoms with Crippen LogP contribution in [0.3, 0.4) is 0 Å². The number of carbonyl (C=O) groups excluding carboxylic acids is 1. The number of allylic oxidation sites excluding steroid dienone is 3. The zero-order valence-corrected chi connectivity index (χ0v) is 28.1. The molecule has 0 fully saturated rings. The van der Waals surface area contributed by atoms with Crippen LogP contribution in [0.2, 0.25) is 0 Å². The number of esters is 1. The SMILES string of the molecule is O=C(OCC1=CCC(O)C=C1)C(CC1C=CC(OCOn2nnc3ccccc32)=CC1)NC(c1ccccc1)(c1ccccc1)c1ccccc1. The summed E-state index contributed by atoms with van der Waals surface area (Å²) in [5.74, 6) is 0.343. The van der Waals surface area contributed by atoms with E-state index in [4.69, 9.17) is 14.3 Å². The molecule has 1 heterocycles. The molecular formula is C42H40N4O5. The van der Waals surface area contributed by atoms with Crippen molar-refractivity contribution < 1.29 is 24.2 Å². The Morgan fingerprint density at radius 3 is 2.08 bits per heavy atom. The van der Waals surface area contributed by atoms with E-state index in [1.165, 1.54) is 4.85 Å². The number of hydrogen-bond donors (Lipinski definition) is 2. The number of aliphatic hydroxyl groups is 1. The molecule has 0 saturated heterocycles. The summed E-state index contributed by atoms with van der Waals surface area (Å²) in [7, 11) is 0. The van der Waals surface area contributed by atoms with Crippen molar-refractivity contribution in [3.8, 4) is 0 Å². The Labute approximate surface area is 297 Å². The average Bonchev–Trinajstić information content (AvgIpc) is 3.60. The van der Waals surface area contributed by atoms with Crippen LogP contribution in [0, 0.1) is 5.92 Å². The van der Waals surface area contributed by atoms with Crippen molar-refractivity contribution in [2.24, 2.45) is 5.92 Å². The van der Waals surface area contributed by atoms with Gasteiger partial charge in [0.05, 0.1) is 11.6 Å². The maximum Gasteiger partial charge on any atom is 0.323 e. The van der Waals surface area contributed by atoms with Gasteiger partial charge in [0.25, 0.3) is 6.79 Å². The van der Waals surface area contributed by atoms with Crippen molar-refractivity contribution in [1.82, 2.24) is 20.5 Å². The molecule has 0 radical (unpaired) electrons. The summed E-state index contributed by atoms with van der Waals surface area (Å²) in [4.78, 5) is 21.3. The molecule has 2 aliphatic rings. The Hall–Kier alpha value is -5.77. The molecule has 3 atom stereocenters. The number of nitrogens with one attached hydrogen (secondary N) is 1. The number of fused-ring (bicyclic) bond motifs is 1. The molecule has 9 nitrogen and oxygen atoms in total. The normalized spacial score (nSPS) is 17.7. The van der Waals surface area contributed by atoms with Gasteiger partial charge in [0, 0.05) is 0 Å². The topological polar surface area (TPSA) is 108 Å². The number of benzene rings is 4. The average molecular weight is 681 g/mol. The van der Waals surface area contributed by atoms with Crippen LogP contribution in [0.25, 0.3) is 11.0 Å². The second-order valence-corrected chi connectivity index (χ2v) is 12.6. The van der Waals surface area contributed by atoms with Gasteiger partial charge < -0.3 is 19.4 Å². The standard InChI is InChI=1S/C42H40N4O5/c47-36-24-20-32(21-25-36)29-49-41(48)39(28-31-22-26-37(27-23-31)50-30-51-46-40-19-11-10-18-38(40)44-45-46)43-42(33-12-4-1-5-13-33,34-14-6-2-7-15-34)35-16-8-3-9-17-35/h1-22,24,26-27,31,36,39,43,47H,23,25,28-30H2. The Balaban J connectivity index is 1.13. The number of aromatic nitrogens is 3. The van der Waals surface area contributed by atoms with Crippen molar-refractivity contribution in [2.75, 3.05) is 13.4 Å². The summed E-state index contributed by atoms with van der Waals surface area (Å²) in [5, 5.41) is 21.9. The number of rotatable bonds is 14. The zero-order valence-electron chi connectivity index (χ0n) is 28.1. The van der Waals surface area contributed by atoms with Crippen LogP contribution in [0.15, 0.2) is 163 Å². The first kappa shape index (κ1) is 33.7. The third-order valence-electron chi connectivity index (χ3n) is 9.25. The monoisotopic (exact) mass is 680 g/mol. The van der Waals surface area contributed by atoms with Gasteiger partial charge >= 0.3 is 5.97 Å². The number of hydrogen-bond acceptors (Lipinski definition) is 8. The lowest BCUT2D eigenvalue weighted by atomic mass is 9.76. The summed E-state index contributed by atoms with van der Waals surface area (Å²) in [6, 6.07) is 37.5. The smallest absolute Gasteiger partial charge is 0.323 e. The largest absolute Gasteiger partial charge is 0.460 e. The van der Waals surface area contributed by atoms with Gasteiger partial charge in [-0.05, 0) is 76.9 Å². The van der Waals surface area contributed by atoms with E-state index in [0.29, 0.717) is 25.0 Å². The predicted molar refractivity (Wildman–Crippen MR) is 195 cm³/mol. The lowest BCUT2D eigenvalue weighted by molar-refractivity contribution is -0.146. The maximum absolute atomic E-state index is 14.2. The molecule has 2 N–H and O–H groups in total. The van der Waals surface area contributed by atoms with E-state index >= 15 is 0 Å². The number of nitrogens with zero attached hydrogens (tertiary/aromatic N) is 3. The minimum Gasteiger partial charge on any atom is -0.460 e. The van der Waals surface area contributed by atoms with E-state index in [-0.39, 0.29) is 25.3 Å². The van der Waals surface area contributed by atoms with Crippen molar-refractivity contribution in [3.63, 3.8) is 0 Å². The zero-order chi connectivity index (χ0) is 34.9. The van der Waals surface area contributed by atoms with Crippen LogP contribution in [0.1, 0.15) is 36.0 Å². The van der Waals surface area contributed by atoms with Crippen LogP contribution in [0.4, 0.5) is 0 Å². The fraction of sp³-hybridized carbons (Fsp3) is 0.214. The number of carbonyl (C=O) groups is 1. The fourth-order valence-electron chi connectivity index (χ4n) is 6.62. The minimum atomic E-state index is -0.868. The quantitative estimate of drug-likeness (QED) is 0.0786. The van der Waals surface area contributed by atoms with Gasteiger partial charge in [-0.3, -0.25) is 10.1 Å². The highest BCUT2D eigenvalue weighted by molar-refractivity contribution is 5.77. The second-order valence-electron chi connectivity index (χ2n) is 12.6. The van der Waals surface area contributed by atoms with Gasteiger partial charge in [-0.25, -0.2) is 0 Å². The summed E-state index contributed by atoms with van der Waals surface area (Å²) in [6.45, 7) is 0.0778. The Kier molecular flexibility index (Phi) is 10.5. The summed E-state index contributed by atoms with van der Waals surface area (Å²) in [5.41, 5.74) is 4.49. The summed E-state index contributed by atoms with van der Waals surface area (Å²) in [6.07, 6.45) is 12.6. The summed E-state index contributed by atoms with van der Waals surface area (Å²) >= 11 is 0. The molecule has 1 aromatic heterocycles. The highest BCUT2D eigenvalue weighted by Crippen LogP contribution is 2.38. The van der Waals surface area contributed by atoms with E-state index in [1.807, 2.05) is 103 Å². The highest BCUT2D eigenvalue weighted by atomic mass is 16.8. The van der Waals surface area contributed by atoms with E-state index in [2.05, 4.69) is 58.1 Å². The van der Waals surface area contributed by atoms with Crippen LogP contribution >= 0.6 is 0 Å². The van der Waals surface area contributed by atoms with Crippen LogP contribution in [-0.4, -0.2) is 51.8 Å². The predicted octanol–water partition coefficient (Wildman–Crippen LogP) is 6.42. The lowest BCUT2D eigenvalue weighted by Gasteiger charge is -2.40. The molecule has 2 aliphatic carbocycles. The van der Waals surface area contributed by atoms with Gasteiger partial charge in [0.1, 0.15) is 29.4 Å². The molecule has 3 unspecified atom stereocenters. The van der Waals surface area contributed by atoms with E-state index in [9.17, 15) is 9.90 Å². The Bertz CT molecular complexity index is 1940. The van der Waals surface area contributed by atoms with Crippen LogP contribution in [-0.2, 0) is 19.8 Å². The number of aliphatic hydroxyl groups excluding tert-OH is 1. The molecule has 51 heavy (non-hydrogen) atoms. The lowest BCUT2D eigenvalue weighted by Crippen LogP contribution is -2.53. The molecule has 7 rings (SSSR count). The maximum atomic E-state index is 14.2. The van der Waals surface area contributed by atoms with Crippen LogP contribution < -0.4 is 10.2 Å². The minimum absolute atomic E-state index is 0.0199. The van der Waals surface area contributed by atoms with Gasteiger partial charge in [-0.2, -0.15) is 0 Å². The molecule has 0 saturated carbocycles. The molecule has 5 aromatic rings. The van der Waals surface area contributed by atoms with Gasteiger partial charge in [0.15, 0.2) is 0 Å². The Morgan fingerprint density at radius 1 is 0.824 bits per heavy atom. The number of para-hydroxylation sites is 1. The summed E-state index contributed by atoms with van der Waals surface area (Å²) < 4.78 is 11.9. The van der Waals surface area contributed by atoms with Crippen LogP contribution in [0.5, 0.6) is 0 Å². The van der Waals surface area contributed by atoms with Gasteiger partial charge in [-0.15, -0.1) is 5.10 Å². The molecule has 4 aromatic carbocycles. The molecule has 9 heteroatoms. The van der Waals surface area contributed by atoms with Crippen molar-refractivity contribution in [1.29, 1.82) is 0 Å². The van der Waals surface area contributed by atoms with E-state index < -0.39 is 17.7 Å². The molecular weight excluding hydrogens is 640 g/mol. The van der Waals surface area contributed by atoms with E-state index in [0.717, 1.165) is 33.3 Å². The van der Waals surface area contributed by atoms with Crippen molar-refractivity contribution in [3.05, 3.63) is 180 Å². The Morgan fingerprint density at radius 2 is 1.47 bits per heavy atom. The third-order valence-corrected chi connectivity index (χ3v) is 9.25. The third kappa shape index (κ3) is 7.85. The van der Waals surface area contributed by atoms with Crippen molar-refractivity contribution >= 4 is 17.0 Å². The number of ether oxygens (including phenoxy) is 2. The first-order valence-electron chi connectivity index (χ1n) is 17.2.